The van der Waals surface area contributed by atoms with Crippen molar-refractivity contribution in [1.29, 1.82) is 0 Å². The summed E-state index contributed by atoms with van der Waals surface area (Å²) in [5.74, 6) is -0.393. The van der Waals surface area contributed by atoms with E-state index in [0.29, 0.717) is 5.56 Å². The highest BCUT2D eigenvalue weighted by Gasteiger charge is 2.04. The van der Waals surface area contributed by atoms with Gasteiger partial charge in [-0.1, -0.05) is 12.1 Å². The van der Waals surface area contributed by atoms with E-state index in [9.17, 15) is 4.79 Å². The van der Waals surface area contributed by atoms with Crippen LogP contribution in [-0.4, -0.2) is 10.9 Å². The Bertz CT molecular complexity index is 697. The fourth-order valence-corrected chi connectivity index (χ4v) is 2.03. The summed E-state index contributed by atoms with van der Waals surface area (Å²) in [6.45, 7) is 0. The molecule has 0 atom stereocenters. The first-order valence-corrected chi connectivity index (χ1v) is 5.05. The molecule has 0 radical (unpaired) electrons. The van der Waals surface area contributed by atoms with E-state index in [0.717, 1.165) is 21.7 Å². The second-order valence-corrected chi connectivity index (χ2v) is 3.80. The zero-order valence-electron chi connectivity index (χ0n) is 8.53. The highest BCUT2D eigenvalue weighted by Crippen LogP contribution is 2.25. The maximum Gasteiger partial charge on any atom is 0.248 e. The van der Waals surface area contributed by atoms with Crippen molar-refractivity contribution in [2.24, 2.45) is 5.73 Å². The summed E-state index contributed by atoms with van der Waals surface area (Å²) >= 11 is 0. The predicted molar refractivity (Wildman–Crippen MR) is 64.3 cm³/mol. The van der Waals surface area contributed by atoms with Gasteiger partial charge in [-0.2, -0.15) is 0 Å². The lowest BCUT2D eigenvalue weighted by molar-refractivity contribution is 0.100. The highest BCUT2D eigenvalue weighted by atomic mass is 16.1. The Kier molecular flexibility index (Phi) is 1.74. The Balaban J connectivity index is 2.41. The molecule has 78 valence electrons. The lowest BCUT2D eigenvalue weighted by Crippen LogP contribution is -2.10. The van der Waals surface area contributed by atoms with Crippen molar-refractivity contribution in [3.8, 4) is 0 Å². The Hall–Kier alpha value is -2.29. The number of aromatic amines is 1. The number of hydrogen-bond donors (Lipinski definition) is 2. The van der Waals surface area contributed by atoms with Gasteiger partial charge in [0.15, 0.2) is 0 Å². The third-order valence-corrected chi connectivity index (χ3v) is 2.83. The fourth-order valence-electron chi connectivity index (χ4n) is 2.03. The van der Waals surface area contributed by atoms with Crippen LogP contribution in [0.1, 0.15) is 10.4 Å². The van der Waals surface area contributed by atoms with E-state index in [1.165, 1.54) is 0 Å². The molecular weight excluding hydrogens is 200 g/mol. The van der Waals surface area contributed by atoms with Gasteiger partial charge in [-0.3, -0.25) is 4.79 Å². The zero-order chi connectivity index (χ0) is 11.1. The number of benzene rings is 2. The molecule has 0 saturated carbocycles. The third-order valence-electron chi connectivity index (χ3n) is 2.83. The van der Waals surface area contributed by atoms with Gasteiger partial charge < -0.3 is 10.7 Å². The maximum atomic E-state index is 11.1. The molecule has 1 amide bonds. The van der Waals surface area contributed by atoms with Crippen molar-refractivity contribution in [2.75, 3.05) is 0 Å². The summed E-state index contributed by atoms with van der Waals surface area (Å²) < 4.78 is 0. The van der Waals surface area contributed by atoms with E-state index in [1.54, 1.807) is 6.07 Å². The van der Waals surface area contributed by atoms with E-state index in [1.807, 2.05) is 36.5 Å². The summed E-state index contributed by atoms with van der Waals surface area (Å²) in [6, 6.07) is 11.5. The molecule has 3 heteroatoms. The van der Waals surface area contributed by atoms with Gasteiger partial charge in [0.05, 0.1) is 0 Å². The first-order chi connectivity index (χ1) is 7.75. The van der Waals surface area contributed by atoms with Crippen LogP contribution < -0.4 is 5.73 Å². The number of primary amides is 1. The van der Waals surface area contributed by atoms with Crippen molar-refractivity contribution in [3.05, 3.63) is 48.2 Å². The lowest BCUT2D eigenvalue weighted by Gasteiger charge is -2.01. The van der Waals surface area contributed by atoms with Crippen LogP contribution in [0.5, 0.6) is 0 Å². The summed E-state index contributed by atoms with van der Waals surface area (Å²) in [4.78, 5) is 14.2. The number of carbonyl (C=O) groups is 1. The number of H-pyrrole nitrogens is 1. The van der Waals surface area contributed by atoms with Crippen molar-refractivity contribution < 1.29 is 4.79 Å². The van der Waals surface area contributed by atoms with Crippen LogP contribution in [0.2, 0.25) is 0 Å². The van der Waals surface area contributed by atoms with Crippen LogP contribution in [0.15, 0.2) is 42.6 Å². The molecule has 3 nitrogen and oxygen atoms in total. The number of nitrogens with one attached hydrogen (secondary N) is 1. The quantitative estimate of drug-likeness (QED) is 0.636. The molecule has 1 heterocycles. The van der Waals surface area contributed by atoms with Gasteiger partial charge in [-0.05, 0) is 35.0 Å². The number of rotatable bonds is 1. The minimum absolute atomic E-state index is 0.393. The molecule has 0 saturated heterocycles. The number of aromatic nitrogens is 1. The van der Waals surface area contributed by atoms with E-state index < -0.39 is 5.91 Å². The Morgan fingerprint density at radius 3 is 2.75 bits per heavy atom. The van der Waals surface area contributed by atoms with Crippen LogP contribution in [0.4, 0.5) is 0 Å². The molecular formula is C13H10N2O. The zero-order valence-corrected chi connectivity index (χ0v) is 8.53. The monoisotopic (exact) mass is 210 g/mol. The van der Waals surface area contributed by atoms with E-state index in [-0.39, 0.29) is 0 Å². The molecule has 0 fully saturated rings. The summed E-state index contributed by atoms with van der Waals surface area (Å²) in [7, 11) is 0. The molecule has 3 rings (SSSR count). The third kappa shape index (κ3) is 1.18. The molecule has 0 spiro atoms. The molecule has 0 unspecified atom stereocenters. The van der Waals surface area contributed by atoms with Crippen LogP contribution in [0, 0.1) is 0 Å². The van der Waals surface area contributed by atoms with Crippen LogP contribution in [-0.2, 0) is 0 Å². The van der Waals surface area contributed by atoms with E-state index in [4.69, 9.17) is 5.73 Å². The van der Waals surface area contributed by atoms with E-state index >= 15 is 0 Å². The fraction of sp³-hybridized carbons (Fsp3) is 0. The largest absolute Gasteiger partial charge is 0.366 e. The number of amides is 1. The van der Waals surface area contributed by atoms with Gasteiger partial charge in [-0.25, -0.2) is 0 Å². The first kappa shape index (κ1) is 8.97. The standard InChI is InChI=1S/C13H10N2O/c14-13(16)9-1-3-10-8(7-9)2-4-12-11(10)5-6-15-12/h1-7,15H,(H2,14,16). The summed E-state index contributed by atoms with van der Waals surface area (Å²) in [6.07, 6.45) is 1.91. The molecule has 3 N–H and O–H groups in total. The molecule has 2 aromatic carbocycles. The number of carbonyl (C=O) groups excluding carboxylic acids is 1. The smallest absolute Gasteiger partial charge is 0.248 e. The Labute approximate surface area is 91.9 Å². The normalized spacial score (nSPS) is 11.0. The lowest BCUT2D eigenvalue weighted by atomic mass is 10.0. The minimum Gasteiger partial charge on any atom is -0.366 e. The molecule has 0 bridgehead atoms. The minimum atomic E-state index is -0.393. The van der Waals surface area contributed by atoms with Gasteiger partial charge >= 0.3 is 0 Å². The van der Waals surface area contributed by atoms with Gasteiger partial charge in [0.25, 0.3) is 0 Å². The second kappa shape index (κ2) is 3.10. The summed E-state index contributed by atoms with van der Waals surface area (Å²) in [5, 5.41) is 3.32. The van der Waals surface area contributed by atoms with Crippen LogP contribution in [0.25, 0.3) is 21.7 Å². The van der Waals surface area contributed by atoms with Gasteiger partial charge in [0.1, 0.15) is 0 Å². The second-order valence-electron chi connectivity index (χ2n) is 3.80. The predicted octanol–water partition coefficient (Wildman–Crippen LogP) is 2.42. The molecule has 3 aromatic rings. The number of nitrogens with two attached hydrogens (primary N) is 1. The molecule has 0 aliphatic rings. The van der Waals surface area contributed by atoms with Crippen molar-refractivity contribution in [2.45, 2.75) is 0 Å². The topological polar surface area (TPSA) is 58.9 Å². The molecule has 16 heavy (non-hydrogen) atoms. The molecule has 1 aromatic heterocycles. The molecule has 0 aliphatic carbocycles. The number of fused-ring (bicyclic) bond motifs is 3. The van der Waals surface area contributed by atoms with Gasteiger partial charge in [0.2, 0.25) is 5.91 Å². The maximum absolute atomic E-state index is 11.1. The Morgan fingerprint density at radius 1 is 1.06 bits per heavy atom. The number of hydrogen-bond acceptors (Lipinski definition) is 1. The van der Waals surface area contributed by atoms with Gasteiger partial charge in [-0.15, -0.1) is 0 Å². The van der Waals surface area contributed by atoms with Crippen LogP contribution >= 0.6 is 0 Å². The van der Waals surface area contributed by atoms with Gasteiger partial charge in [0, 0.05) is 22.7 Å². The highest BCUT2D eigenvalue weighted by molar-refractivity contribution is 6.08. The van der Waals surface area contributed by atoms with Crippen molar-refractivity contribution >= 4 is 27.6 Å². The molecule has 0 aliphatic heterocycles. The summed E-state index contributed by atoms with van der Waals surface area (Å²) in [5.41, 5.74) is 6.89. The van der Waals surface area contributed by atoms with Crippen LogP contribution in [0.3, 0.4) is 0 Å². The first-order valence-electron chi connectivity index (χ1n) is 5.05. The average Bonchev–Trinajstić information content (AvgIpc) is 2.76. The SMILES string of the molecule is NC(=O)c1ccc2c(ccc3[nH]ccc32)c1. The average molecular weight is 210 g/mol. The Morgan fingerprint density at radius 2 is 1.94 bits per heavy atom. The van der Waals surface area contributed by atoms with Crippen molar-refractivity contribution in [3.63, 3.8) is 0 Å². The van der Waals surface area contributed by atoms with Crippen molar-refractivity contribution in [1.82, 2.24) is 4.98 Å². The van der Waals surface area contributed by atoms with E-state index in [2.05, 4.69) is 4.98 Å².